The number of hydrogen-bond donors (Lipinski definition) is 3. The first-order valence-corrected chi connectivity index (χ1v) is 10.3. The molecule has 7 nitrogen and oxygen atoms in total. The van der Waals surface area contributed by atoms with Crippen molar-refractivity contribution in [1.29, 1.82) is 0 Å². The van der Waals surface area contributed by atoms with Crippen LogP contribution in [0.3, 0.4) is 0 Å². The van der Waals surface area contributed by atoms with Crippen molar-refractivity contribution in [3.8, 4) is 11.5 Å². The van der Waals surface area contributed by atoms with Crippen LogP contribution in [-0.2, 0) is 5.41 Å². The van der Waals surface area contributed by atoms with Crippen molar-refractivity contribution in [3.05, 3.63) is 109 Å². The van der Waals surface area contributed by atoms with Crippen LogP contribution in [0.25, 0.3) is 12.2 Å². The van der Waals surface area contributed by atoms with Gasteiger partial charge in [-0.1, -0.05) is 32.9 Å². The molecule has 0 aliphatic heterocycles. The van der Waals surface area contributed by atoms with Gasteiger partial charge in [-0.25, -0.2) is 9.37 Å². The topological polar surface area (TPSA) is 104 Å². The lowest BCUT2D eigenvalue weighted by Crippen LogP contribution is -2.46. The van der Waals surface area contributed by atoms with E-state index in [9.17, 15) is 14.0 Å². The van der Waals surface area contributed by atoms with Crippen molar-refractivity contribution in [2.75, 3.05) is 0 Å². The Balaban J connectivity index is 1.69. The summed E-state index contributed by atoms with van der Waals surface area (Å²) in [5, 5.41) is 0.220. The van der Waals surface area contributed by atoms with E-state index in [0.717, 1.165) is 5.69 Å². The fraction of sp³-hybridized carbons (Fsp3) is 0.160. The van der Waals surface area contributed by atoms with Crippen LogP contribution in [-0.4, -0.2) is 19.9 Å². The molecule has 2 aromatic carbocycles. The van der Waals surface area contributed by atoms with Crippen LogP contribution < -0.4 is 26.6 Å². The molecule has 2 aromatic heterocycles. The van der Waals surface area contributed by atoms with Crippen molar-refractivity contribution in [1.82, 2.24) is 19.9 Å². The van der Waals surface area contributed by atoms with Gasteiger partial charge < -0.3 is 19.7 Å². The number of halogens is 1. The van der Waals surface area contributed by atoms with Gasteiger partial charge in [0.2, 0.25) is 0 Å². The highest BCUT2D eigenvalue weighted by atomic mass is 19.1. The van der Waals surface area contributed by atoms with Crippen LogP contribution in [0.15, 0.2) is 64.4 Å². The molecule has 4 rings (SSSR count). The maximum Gasteiger partial charge on any atom is 0.272 e. The van der Waals surface area contributed by atoms with Crippen molar-refractivity contribution < 1.29 is 9.13 Å². The summed E-state index contributed by atoms with van der Waals surface area (Å²) in [5.74, 6) is 0.634. The van der Waals surface area contributed by atoms with Crippen LogP contribution >= 0.6 is 0 Å². The SMILES string of the molecule is CC(C)(C)c1[nH]cnc1/C=c1\[nH]c(=O)/c(=C/c2cccc(Oc3ccc(F)cc3)c2)[nH]c1=O. The molecule has 3 N–H and O–H groups in total. The summed E-state index contributed by atoms with van der Waals surface area (Å²) in [7, 11) is 0. The third kappa shape index (κ3) is 5.17. The van der Waals surface area contributed by atoms with E-state index >= 15 is 0 Å². The summed E-state index contributed by atoms with van der Waals surface area (Å²) >= 11 is 0. The molecule has 0 aliphatic carbocycles. The van der Waals surface area contributed by atoms with Gasteiger partial charge in [0.1, 0.15) is 28.0 Å². The minimum atomic E-state index is -0.446. The van der Waals surface area contributed by atoms with E-state index in [1.165, 1.54) is 24.3 Å². The van der Waals surface area contributed by atoms with Crippen LogP contribution in [0, 0.1) is 5.82 Å². The van der Waals surface area contributed by atoms with Gasteiger partial charge in [0, 0.05) is 11.1 Å². The zero-order valence-corrected chi connectivity index (χ0v) is 18.4. The standard InChI is InChI=1S/C25H23FN4O3/c1-25(2,3)22-19(27-14-28-22)13-21-24(32)29-20(23(31)30-21)12-15-5-4-6-18(11-15)33-17-9-7-16(26)8-10-17/h4-14H,1-3H3,(H,27,28)(H,29,32)(H,30,31)/b20-12-,21-13-. The molecule has 0 radical (unpaired) electrons. The third-order valence-electron chi connectivity index (χ3n) is 4.90. The molecule has 0 atom stereocenters. The summed E-state index contributed by atoms with van der Waals surface area (Å²) < 4.78 is 18.8. The monoisotopic (exact) mass is 446 g/mol. The number of hydrogen-bond acceptors (Lipinski definition) is 4. The maximum absolute atomic E-state index is 13.1. The summed E-state index contributed by atoms with van der Waals surface area (Å²) in [5.41, 5.74) is 1.00. The summed E-state index contributed by atoms with van der Waals surface area (Å²) in [6.45, 7) is 6.07. The second-order valence-electron chi connectivity index (χ2n) is 8.57. The fourth-order valence-corrected chi connectivity index (χ4v) is 3.32. The first-order chi connectivity index (χ1) is 15.7. The fourth-order valence-electron chi connectivity index (χ4n) is 3.32. The van der Waals surface area contributed by atoms with E-state index in [1.54, 1.807) is 42.7 Å². The Morgan fingerprint density at radius 3 is 2.24 bits per heavy atom. The van der Waals surface area contributed by atoms with Gasteiger partial charge in [0.25, 0.3) is 11.1 Å². The van der Waals surface area contributed by atoms with Gasteiger partial charge in [-0.2, -0.15) is 0 Å². The van der Waals surface area contributed by atoms with Gasteiger partial charge in [-0.05, 0) is 54.1 Å². The molecule has 0 aliphatic rings. The molecular weight excluding hydrogens is 423 g/mol. The van der Waals surface area contributed by atoms with E-state index in [-0.39, 0.29) is 21.9 Å². The summed E-state index contributed by atoms with van der Waals surface area (Å²) in [4.78, 5) is 37.9. The molecular formula is C25H23FN4O3. The number of nitrogens with one attached hydrogen (secondary N) is 3. The largest absolute Gasteiger partial charge is 0.457 e. The second kappa shape index (κ2) is 8.74. The van der Waals surface area contributed by atoms with Gasteiger partial charge in [0.05, 0.1) is 12.0 Å². The van der Waals surface area contributed by atoms with Gasteiger partial charge >= 0.3 is 0 Å². The zero-order valence-electron chi connectivity index (χ0n) is 18.4. The van der Waals surface area contributed by atoms with E-state index in [0.29, 0.717) is 22.8 Å². The zero-order chi connectivity index (χ0) is 23.6. The molecule has 0 fully saturated rings. The Labute approximate surface area is 188 Å². The molecule has 33 heavy (non-hydrogen) atoms. The Hall–Kier alpha value is -4.20. The molecule has 0 saturated heterocycles. The van der Waals surface area contributed by atoms with Crippen LogP contribution in [0.4, 0.5) is 4.39 Å². The van der Waals surface area contributed by atoms with E-state index < -0.39 is 11.1 Å². The number of nitrogens with zero attached hydrogens (tertiary/aromatic N) is 1. The molecule has 4 aromatic rings. The van der Waals surface area contributed by atoms with Crippen molar-refractivity contribution in [3.63, 3.8) is 0 Å². The van der Waals surface area contributed by atoms with Crippen molar-refractivity contribution in [2.24, 2.45) is 0 Å². The molecule has 8 heteroatoms. The molecule has 0 bridgehead atoms. The number of ether oxygens (including phenoxy) is 1. The van der Waals surface area contributed by atoms with Crippen molar-refractivity contribution >= 4 is 12.2 Å². The minimum Gasteiger partial charge on any atom is -0.457 e. The number of benzene rings is 2. The van der Waals surface area contributed by atoms with E-state index in [1.807, 2.05) is 20.8 Å². The Morgan fingerprint density at radius 2 is 1.58 bits per heavy atom. The lowest BCUT2D eigenvalue weighted by Gasteiger charge is -2.16. The molecule has 168 valence electrons. The Morgan fingerprint density at radius 1 is 0.909 bits per heavy atom. The van der Waals surface area contributed by atoms with E-state index in [2.05, 4.69) is 19.9 Å². The third-order valence-corrected chi connectivity index (χ3v) is 4.90. The normalized spacial score (nSPS) is 12.8. The van der Waals surface area contributed by atoms with Gasteiger partial charge in [-0.3, -0.25) is 9.59 Å². The molecule has 0 amide bonds. The minimum absolute atomic E-state index is 0.106. The highest BCUT2D eigenvalue weighted by Crippen LogP contribution is 2.23. The highest BCUT2D eigenvalue weighted by Gasteiger charge is 2.19. The molecule has 0 spiro atoms. The second-order valence-corrected chi connectivity index (χ2v) is 8.57. The lowest BCUT2D eigenvalue weighted by atomic mass is 9.90. The van der Waals surface area contributed by atoms with Crippen LogP contribution in [0.1, 0.15) is 37.7 Å². The van der Waals surface area contributed by atoms with Crippen LogP contribution in [0.5, 0.6) is 11.5 Å². The lowest BCUT2D eigenvalue weighted by molar-refractivity contribution is 0.480. The Kier molecular flexibility index (Phi) is 5.83. The van der Waals surface area contributed by atoms with E-state index in [4.69, 9.17) is 4.74 Å². The summed E-state index contributed by atoms with van der Waals surface area (Å²) in [6.07, 6.45) is 4.66. The maximum atomic E-state index is 13.1. The predicted octanol–water partition coefficient (Wildman–Crippen LogP) is 2.67. The Bertz CT molecular complexity index is 1520. The smallest absolute Gasteiger partial charge is 0.272 e. The van der Waals surface area contributed by atoms with Gasteiger partial charge in [-0.15, -0.1) is 0 Å². The molecule has 0 unspecified atom stereocenters. The quantitative estimate of drug-likeness (QED) is 0.448. The van der Waals surface area contributed by atoms with Crippen LogP contribution in [0.2, 0.25) is 0 Å². The highest BCUT2D eigenvalue weighted by molar-refractivity contribution is 5.52. The number of aromatic nitrogens is 4. The number of rotatable bonds is 4. The first-order valence-electron chi connectivity index (χ1n) is 10.3. The first kappa shape index (κ1) is 22.0. The number of aromatic amines is 3. The number of imidazole rings is 1. The van der Waals surface area contributed by atoms with Crippen molar-refractivity contribution in [2.45, 2.75) is 26.2 Å². The average Bonchev–Trinajstić information content (AvgIpc) is 3.23. The summed E-state index contributed by atoms with van der Waals surface area (Å²) in [6, 6.07) is 12.6. The molecule has 2 heterocycles. The molecule has 0 saturated carbocycles. The van der Waals surface area contributed by atoms with Gasteiger partial charge in [0.15, 0.2) is 0 Å². The average molecular weight is 446 g/mol. The predicted molar refractivity (Wildman–Crippen MR) is 124 cm³/mol. The number of H-pyrrole nitrogens is 3.